The topological polar surface area (TPSA) is 82.9 Å². The first-order valence-corrected chi connectivity index (χ1v) is 11.2. The van der Waals surface area contributed by atoms with Gasteiger partial charge >= 0.3 is 0 Å². The minimum Gasteiger partial charge on any atom is -0.468 e. The summed E-state index contributed by atoms with van der Waals surface area (Å²) in [5.41, 5.74) is 0.680. The molecule has 3 amide bonds. The lowest BCUT2D eigenvalue weighted by atomic mass is 10.2. The zero-order chi connectivity index (χ0) is 21.8. The molecular weight excluding hydrogens is 438 g/mol. The number of nitrogens with zero attached hydrogens (tertiary/aromatic N) is 2. The summed E-state index contributed by atoms with van der Waals surface area (Å²) in [4.78, 5) is 40.8. The van der Waals surface area contributed by atoms with E-state index < -0.39 is 0 Å². The van der Waals surface area contributed by atoms with Crippen molar-refractivity contribution in [3.63, 3.8) is 0 Å². The van der Waals surface area contributed by atoms with Gasteiger partial charge in [0.15, 0.2) is 0 Å². The smallest absolute Gasteiger partial charge is 0.293 e. The summed E-state index contributed by atoms with van der Waals surface area (Å²) in [5, 5.41) is 2.97. The van der Waals surface area contributed by atoms with Crippen molar-refractivity contribution in [2.24, 2.45) is 0 Å². The molecule has 0 unspecified atom stereocenters. The van der Waals surface area contributed by atoms with Gasteiger partial charge in [0.25, 0.3) is 11.1 Å². The van der Waals surface area contributed by atoms with Crippen LogP contribution in [0.1, 0.15) is 24.2 Å². The molecule has 0 spiro atoms. The van der Waals surface area contributed by atoms with E-state index in [0.717, 1.165) is 35.3 Å². The van der Waals surface area contributed by atoms with Crippen LogP contribution < -0.4 is 5.32 Å². The monoisotopic (exact) mass is 459 g/mol. The third-order valence-electron chi connectivity index (χ3n) is 5.07. The highest BCUT2D eigenvalue weighted by Gasteiger charge is 2.35. The van der Waals surface area contributed by atoms with Crippen molar-refractivity contribution in [1.29, 1.82) is 0 Å². The number of carbonyl (C=O) groups excluding carboxylic acids is 3. The molecule has 1 aromatic carbocycles. The molecule has 2 aliphatic rings. The van der Waals surface area contributed by atoms with Crippen LogP contribution >= 0.6 is 23.4 Å². The van der Waals surface area contributed by atoms with Crippen molar-refractivity contribution in [2.75, 3.05) is 19.6 Å². The summed E-state index contributed by atoms with van der Waals surface area (Å²) in [5.74, 6) is 0.307. The van der Waals surface area contributed by atoms with Crippen LogP contribution in [0.2, 0.25) is 5.02 Å². The van der Waals surface area contributed by atoms with Crippen molar-refractivity contribution in [3.8, 4) is 0 Å². The maximum Gasteiger partial charge on any atom is 0.293 e. The predicted molar refractivity (Wildman–Crippen MR) is 119 cm³/mol. The number of carbonyl (C=O) groups is 3. The van der Waals surface area contributed by atoms with Gasteiger partial charge in [-0.15, -0.1) is 0 Å². The van der Waals surface area contributed by atoms with Gasteiger partial charge in [-0.2, -0.15) is 0 Å². The van der Waals surface area contributed by atoms with Gasteiger partial charge in [0.05, 0.1) is 24.3 Å². The molecule has 1 N–H and O–H groups in total. The van der Waals surface area contributed by atoms with E-state index in [-0.39, 0.29) is 36.7 Å². The van der Waals surface area contributed by atoms with Crippen molar-refractivity contribution in [3.05, 3.63) is 63.9 Å². The average Bonchev–Trinajstić information content (AvgIpc) is 3.41. The lowest BCUT2D eigenvalue weighted by Gasteiger charge is -2.20. The second-order valence-electron chi connectivity index (χ2n) is 7.42. The number of benzene rings is 1. The van der Waals surface area contributed by atoms with Crippen LogP contribution in [0.5, 0.6) is 0 Å². The van der Waals surface area contributed by atoms with E-state index in [2.05, 4.69) is 10.2 Å². The Bertz CT molecular complexity index is 1000. The molecule has 2 aromatic rings. The SMILES string of the molecule is O=C(CN(Cc1ccco1)C1CC1)NCCN1C(=O)S/C(=C\c2ccccc2Cl)C1=O. The van der Waals surface area contributed by atoms with Gasteiger partial charge in [0.2, 0.25) is 5.91 Å². The first-order chi connectivity index (χ1) is 15.0. The molecule has 7 nitrogen and oxygen atoms in total. The third kappa shape index (κ3) is 5.58. The minimum absolute atomic E-state index is 0.123. The Morgan fingerprint density at radius 3 is 2.77 bits per heavy atom. The second kappa shape index (κ2) is 9.72. The van der Waals surface area contributed by atoms with E-state index in [1.54, 1.807) is 30.5 Å². The maximum absolute atomic E-state index is 12.6. The highest BCUT2D eigenvalue weighted by molar-refractivity contribution is 8.18. The number of imide groups is 1. The lowest BCUT2D eigenvalue weighted by molar-refractivity contribution is -0.125. The van der Waals surface area contributed by atoms with E-state index in [9.17, 15) is 14.4 Å². The quantitative estimate of drug-likeness (QED) is 0.575. The maximum atomic E-state index is 12.6. The number of hydrogen-bond donors (Lipinski definition) is 1. The van der Waals surface area contributed by atoms with E-state index in [0.29, 0.717) is 28.1 Å². The molecule has 9 heteroatoms. The van der Waals surface area contributed by atoms with Gasteiger partial charge in [-0.25, -0.2) is 0 Å². The number of amides is 3. The molecule has 4 rings (SSSR count). The average molecular weight is 460 g/mol. The molecule has 1 saturated heterocycles. The predicted octanol–water partition coefficient (Wildman–Crippen LogP) is 3.75. The fraction of sp³-hybridized carbons (Fsp3) is 0.318. The Labute approximate surface area is 189 Å². The van der Waals surface area contributed by atoms with Crippen LogP contribution in [0, 0.1) is 0 Å². The number of halogens is 1. The van der Waals surface area contributed by atoms with Gasteiger partial charge in [-0.3, -0.25) is 24.2 Å². The fourth-order valence-corrected chi connectivity index (χ4v) is 4.38. The molecule has 0 bridgehead atoms. The zero-order valence-electron chi connectivity index (χ0n) is 16.8. The molecule has 2 fully saturated rings. The summed E-state index contributed by atoms with van der Waals surface area (Å²) < 4.78 is 5.38. The van der Waals surface area contributed by atoms with Crippen LogP contribution in [0.3, 0.4) is 0 Å². The number of thioether (sulfide) groups is 1. The molecule has 162 valence electrons. The van der Waals surface area contributed by atoms with Gasteiger partial charge < -0.3 is 9.73 Å². The van der Waals surface area contributed by atoms with E-state index in [1.165, 1.54) is 0 Å². The molecule has 31 heavy (non-hydrogen) atoms. The van der Waals surface area contributed by atoms with Crippen molar-refractivity contribution >= 4 is 46.5 Å². The van der Waals surface area contributed by atoms with E-state index in [1.807, 2.05) is 18.2 Å². The third-order valence-corrected chi connectivity index (χ3v) is 6.32. The van der Waals surface area contributed by atoms with Crippen LogP contribution in [0.15, 0.2) is 52.0 Å². The summed E-state index contributed by atoms with van der Waals surface area (Å²) in [6.07, 6.45) is 5.38. The molecule has 0 atom stereocenters. The fourth-order valence-electron chi connectivity index (χ4n) is 3.33. The molecule has 1 aliphatic heterocycles. The first-order valence-electron chi connectivity index (χ1n) is 10.0. The second-order valence-corrected chi connectivity index (χ2v) is 8.82. The molecular formula is C22H22ClN3O4S. The van der Waals surface area contributed by atoms with Crippen molar-refractivity contribution < 1.29 is 18.8 Å². The number of nitrogens with one attached hydrogen (secondary N) is 1. The zero-order valence-corrected chi connectivity index (χ0v) is 18.3. The van der Waals surface area contributed by atoms with Gasteiger partial charge in [-0.05, 0) is 54.4 Å². The molecule has 0 radical (unpaired) electrons. The Balaban J connectivity index is 1.28. The Hall–Kier alpha value is -2.55. The summed E-state index contributed by atoms with van der Waals surface area (Å²) in [6, 6.07) is 11.2. The Morgan fingerprint density at radius 1 is 1.26 bits per heavy atom. The van der Waals surface area contributed by atoms with E-state index in [4.69, 9.17) is 16.0 Å². The standard InChI is InChI=1S/C22H22ClN3O4S/c23-18-6-2-1-4-15(18)12-19-21(28)26(22(29)31-19)10-9-24-20(27)14-25(16-7-8-16)13-17-5-3-11-30-17/h1-6,11-12,16H,7-10,13-14H2,(H,24,27)/b19-12-. The van der Waals surface area contributed by atoms with E-state index >= 15 is 0 Å². The number of hydrogen-bond acceptors (Lipinski definition) is 6. The van der Waals surface area contributed by atoms with Crippen molar-refractivity contribution in [1.82, 2.24) is 15.1 Å². The summed E-state index contributed by atoms with van der Waals surface area (Å²) in [7, 11) is 0. The molecule has 1 aliphatic carbocycles. The first kappa shape index (κ1) is 21.7. The largest absolute Gasteiger partial charge is 0.468 e. The van der Waals surface area contributed by atoms with Crippen molar-refractivity contribution in [2.45, 2.75) is 25.4 Å². The molecule has 1 aromatic heterocycles. The summed E-state index contributed by atoms with van der Waals surface area (Å²) >= 11 is 7.01. The number of furan rings is 1. The molecule has 1 saturated carbocycles. The summed E-state index contributed by atoms with van der Waals surface area (Å²) in [6.45, 7) is 1.16. The highest BCUT2D eigenvalue weighted by Crippen LogP contribution is 2.33. The van der Waals surface area contributed by atoms with Crippen LogP contribution in [0.25, 0.3) is 6.08 Å². The van der Waals surface area contributed by atoms with Gasteiger partial charge in [0, 0.05) is 24.2 Å². The Morgan fingerprint density at radius 2 is 2.06 bits per heavy atom. The normalized spacial score (nSPS) is 17.7. The lowest BCUT2D eigenvalue weighted by Crippen LogP contribution is -2.42. The van der Waals surface area contributed by atoms with Crippen LogP contribution in [-0.4, -0.2) is 52.5 Å². The highest BCUT2D eigenvalue weighted by atomic mass is 35.5. The van der Waals surface area contributed by atoms with Gasteiger partial charge in [0.1, 0.15) is 5.76 Å². The van der Waals surface area contributed by atoms with Crippen LogP contribution in [0.4, 0.5) is 4.79 Å². The minimum atomic E-state index is -0.374. The molecule has 2 heterocycles. The Kier molecular flexibility index (Phi) is 6.80. The van der Waals surface area contributed by atoms with Gasteiger partial charge in [-0.1, -0.05) is 29.8 Å². The number of rotatable bonds is 9. The van der Waals surface area contributed by atoms with Crippen LogP contribution in [-0.2, 0) is 16.1 Å².